The Morgan fingerprint density at radius 3 is 2.47 bits per heavy atom. The molecule has 1 unspecified atom stereocenters. The zero-order valence-corrected chi connectivity index (χ0v) is 9.22. The first kappa shape index (κ1) is 11.9. The van der Waals surface area contributed by atoms with Gasteiger partial charge in [0.25, 0.3) is 0 Å². The molecule has 0 N–H and O–H groups in total. The lowest BCUT2D eigenvalue weighted by Gasteiger charge is -2.24. The van der Waals surface area contributed by atoms with Crippen LogP contribution in [0.25, 0.3) is 0 Å². The summed E-state index contributed by atoms with van der Waals surface area (Å²) in [4.78, 5) is 11.4. The van der Waals surface area contributed by atoms with E-state index in [4.69, 9.17) is 11.6 Å². The van der Waals surface area contributed by atoms with Crippen molar-refractivity contribution in [3.05, 3.63) is 48.3 Å². The molecule has 0 amide bonds. The molecule has 3 heteroatoms. The van der Waals surface area contributed by atoms with Crippen LogP contribution in [-0.4, -0.2) is 5.24 Å². The van der Waals surface area contributed by atoms with Gasteiger partial charge in [-0.05, 0) is 42.6 Å². The minimum absolute atomic E-state index is 0.332. The number of carbonyl (C=O) groups is 1. The molecule has 0 fully saturated rings. The highest BCUT2D eigenvalue weighted by atomic mass is 35.5. The molecule has 0 aliphatic carbocycles. The van der Waals surface area contributed by atoms with Gasteiger partial charge in [0.1, 0.15) is 5.82 Å². The number of hydrogen-bond donors (Lipinski definition) is 0. The largest absolute Gasteiger partial charge is 0.280 e. The highest BCUT2D eigenvalue weighted by Gasteiger charge is 2.32. The molecule has 0 aromatic heterocycles. The molecule has 1 rings (SSSR count). The molecule has 1 aromatic rings. The van der Waals surface area contributed by atoms with Crippen molar-refractivity contribution in [3.8, 4) is 0 Å². The van der Waals surface area contributed by atoms with Gasteiger partial charge < -0.3 is 0 Å². The van der Waals surface area contributed by atoms with Gasteiger partial charge in [0.05, 0.1) is 5.41 Å². The summed E-state index contributed by atoms with van der Waals surface area (Å²) in [5.74, 6) is -0.332. The van der Waals surface area contributed by atoms with E-state index in [9.17, 15) is 9.18 Å². The summed E-state index contributed by atoms with van der Waals surface area (Å²) in [6.07, 6.45) is 2.06. The number of halogens is 2. The van der Waals surface area contributed by atoms with Crippen molar-refractivity contribution in [1.82, 2.24) is 0 Å². The summed E-state index contributed by atoms with van der Waals surface area (Å²) in [6.45, 7) is 5.31. The second-order valence-electron chi connectivity index (χ2n) is 3.61. The van der Waals surface area contributed by atoms with Crippen LogP contribution in [0, 0.1) is 5.82 Å². The maximum atomic E-state index is 12.7. The number of benzene rings is 1. The van der Waals surface area contributed by atoms with Gasteiger partial charge in [-0.2, -0.15) is 0 Å². The number of rotatable bonds is 4. The SMILES string of the molecule is C=CCC(C)(C(=O)Cl)c1ccc(F)cc1. The molecule has 1 nitrogen and oxygen atoms in total. The van der Waals surface area contributed by atoms with Crippen molar-refractivity contribution < 1.29 is 9.18 Å². The summed E-state index contributed by atoms with van der Waals surface area (Å²) in [6, 6.07) is 5.77. The van der Waals surface area contributed by atoms with Gasteiger partial charge in [-0.15, -0.1) is 6.58 Å². The quantitative estimate of drug-likeness (QED) is 0.568. The van der Waals surface area contributed by atoms with Crippen LogP contribution in [0.1, 0.15) is 18.9 Å². The Morgan fingerprint density at radius 2 is 2.07 bits per heavy atom. The van der Waals surface area contributed by atoms with Crippen LogP contribution >= 0.6 is 11.6 Å². The summed E-state index contributed by atoms with van der Waals surface area (Å²) in [5.41, 5.74) is -0.124. The number of carbonyl (C=O) groups excluding carboxylic acids is 1. The van der Waals surface area contributed by atoms with E-state index < -0.39 is 10.7 Å². The Kier molecular flexibility index (Phi) is 3.64. The topological polar surface area (TPSA) is 17.1 Å². The van der Waals surface area contributed by atoms with Crippen molar-refractivity contribution in [2.75, 3.05) is 0 Å². The molecule has 0 saturated heterocycles. The van der Waals surface area contributed by atoms with Gasteiger partial charge in [0, 0.05) is 0 Å². The lowest BCUT2D eigenvalue weighted by atomic mass is 9.81. The third-order valence-corrected chi connectivity index (χ3v) is 2.88. The third-order valence-electron chi connectivity index (χ3n) is 2.47. The Bertz CT molecular complexity index is 372. The van der Waals surface area contributed by atoms with Gasteiger partial charge in [-0.3, -0.25) is 4.79 Å². The molecule has 0 heterocycles. The van der Waals surface area contributed by atoms with Crippen molar-refractivity contribution in [2.24, 2.45) is 0 Å². The molecule has 1 aromatic carbocycles. The van der Waals surface area contributed by atoms with Gasteiger partial charge in [-0.25, -0.2) is 4.39 Å². The third kappa shape index (κ3) is 2.45. The summed E-state index contributed by atoms with van der Waals surface area (Å²) >= 11 is 5.56. The van der Waals surface area contributed by atoms with Crippen molar-refractivity contribution in [1.29, 1.82) is 0 Å². The van der Waals surface area contributed by atoms with Crippen LogP contribution in [0.2, 0.25) is 0 Å². The highest BCUT2D eigenvalue weighted by Crippen LogP contribution is 2.30. The van der Waals surface area contributed by atoms with Crippen LogP contribution in [0.5, 0.6) is 0 Å². The Balaban J connectivity index is 3.14. The molecule has 0 spiro atoms. The van der Waals surface area contributed by atoms with E-state index in [0.717, 1.165) is 0 Å². The fourth-order valence-electron chi connectivity index (χ4n) is 1.42. The van der Waals surface area contributed by atoms with Crippen LogP contribution in [0.4, 0.5) is 4.39 Å². The van der Waals surface area contributed by atoms with E-state index >= 15 is 0 Å². The van der Waals surface area contributed by atoms with Crippen LogP contribution in [0.15, 0.2) is 36.9 Å². The maximum Gasteiger partial charge on any atom is 0.232 e. The molecular weight excluding hydrogens is 215 g/mol. The fourth-order valence-corrected chi connectivity index (χ4v) is 1.60. The molecule has 0 saturated carbocycles. The minimum Gasteiger partial charge on any atom is -0.280 e. The zero-order chi connectivity index (χ0) is 11.5. The van der Waals surface area contributed by atoms with Gasteiger partial charge >= 0.3 is 0 Å². The predicted molar refractivity (Wildman–Crippen MR) is 59.4 cm³/mol. The van der Waals surface area contributed by atoms with Gasteiger partial charge in [0.15, 0.2) is 0 Å². The molecular formula is C12H12ClFO. The van der Waals surface area contributed by atoms with E-state index in [-0.39, 0.29) is 5.82 Å². The Hall–Kier alpha value is -1.15. The van der Waals surface area contributed by atoms with Gasteiger partial charge in [-0.1, -0.05) is 18.2 Å². The first-order chi connectivity index (χ1) is 7.00. The predicted octanol–water partition coefficient (Wildman–Crippen LogP) is 3.42. The van der Waals surface area contributed by atoms with E-state index in [1.54, 1.807) is 25.1 Å². The van der Waals surface area contributed by atoms with Gasteiger partial charge in [0.2, 0.25) is 5.24 Å². The van der Waals surface area contributed by atoms with E-state index in [1.165, 1.54) is 12.1 Å². The normalized spacial score (nSPS) is 14.3. The van der Waals surface area contributed by atoms with Crippen molar-refractivity contribution in [2.45, 2.75) is 18.8 Å². The molecule has 0 aliphatic heterocycles. The van der Waals surface area contributed by atoms with E-state index in [2.05, 4.69) is 6.58 Å². The van der Waals surface area contributed by atoms with E-state index in [1.807, 2.05) is 0 Å². The van der Waals surface area contributed by atoms with Crippen molar-refractivity contribution in [3.63, 3.8) is 0 Å². The second-order valence-corrected chi connectivity index (χ2v) is 3.95. The Labute approximate surface area is 93.6 Å². The fraction of sp³-hybridized carbons (Fsp3) is 0.250. The smallest absolute Gasteiger partial charge is 0.232 e. The average molecular weight is 227 g/mol. The zero-order valence-electron chi connectivity index (χ0n) is 8.47. The number of allylic oxidation sites excluding steroid dienone is 1. The van der Waals surface area contributed by atoms with Crippen LogP contribution < -0.4 is 0 Å². The van der Waals surface area contributed by atoms with Crippen molar-refractivity contribution >= 4 is 16.8 Å². The lowest BCUT2D eigenvalue weighted by Crippen LogP contribution is -2.28. The summed E-state index contributed by atoms with van der Waals surface area (Å²) in [5, 5.41) is -0.464. The van der Waals surface area contributed by atoms with Crippen LogP contribution in [-0.2, 0) is 10.2 Å². The minimum atomic E-state index is -0.822. The average Bonchev–Trinajstić information content (AvgIpc) is 2.18. The second kappa shape index (κ2) is 4.58. The lowest BCUT2D eigenvalue weighted by molar-refractivity contribution is -0.116. The molecule has 15 heavy (non-hydrogen) atoms. The highest BCUT2D eigenvalue weighted by molar-refractivity contribution is 6.65. The Morgan fingerprint density at radius 1 is 1.53 bits per heavy atom. The molecule has 0 aliphatic rings. The molecule has 0 radical (unpaired) electrons. The standard InChI is InChI=1S/C12H12ClFO/c1-3-8-12(2,11(13)15)9-4-6-10(14)7-5-9/h3-7H,1,8H2,2H3. The molecule has 0 bridgehead atoms. The molecule has 1 atom stereocenters. The number of hydrogen-bond acceptors (Lipinski definition) is 1. The monoisotopic (exact) mass is 226 g/mol. The first-order valence-corrected chi connectivity index (χ1v) is 4.95. The van der Waals surface area contributed by atoms with E-state index in [0.29, 0.717) is 12.0 Å². The summed E-state index contributed by atoms with van der Waals surface area (Å²) in [7, 11) is 0. The van der Waals surface area contributed by atoms with Crippen LogP contribution in [0.3, 0.4) is 0 Å². The first-order valence-electron chi connectivity index (χ1n) is 4.57. The molecule has 80 valence electrons. The summed E-state index contributed by atoms with van der Waals surface area (Å²) < 4.78 is 12.7. The maximum absolute atomic E-state index is 12.7.